The van der Waals surface area contributed by atoms with Crippen LogP contribution in [0.4, 0.5) is 5.69 Å². The number of benzene rings is 1. The molecule has 4 fully saturated rings. The zero-order valence-electron chi connectivity index (χ0n) is 19.7. The van der Waals surface area contributed by atoms with E-state index in [1.807, 2.05) is 0 Å². The number of nitrogens with one attached hydrogen (secondary N) is 1. The standard InChI is InChI=1S/C27H43N3O/c1-2-3-4-14-29-15-17-30(18-16-29)25-6-5-23(26-21-28-13-19-31-26)20-24(25)22-7-9-27(10-8-22)11-12-27/h5-6,20,22,26,28H,2-4,7-19,21H2,1H3. The van der Waals surface area contributed by atoms with Crippen molar-refractivity contribution < 1.29 is 4.74 Å². The predicted octanol–water partition coefficient (Wildman–Crippen LogP) is 5.10. The monoisotopic (exact) mass is 425 g/mol. The van der Waals surface area contributed by atoms with Crippen LogP contribution in [-0.2, 0) is 4.74 Å². The number of piperazine rings is 1. The van der Waals surface area contributed by atoms with Crippen molar-refractivity contribution in [2.45, 2.75) is 76.7 Å². The first-order chi connectivity index (χ1) is 15.3. The second-order valence-corrected chi connectivity index (χ2v) is 10.7. The van der Waals surface area contributed by atoms with Crippen molar-refractivity contribution in [3.05, 3.63) is 29.3 Å². The van der Waals surface area contributed by atoms with Gasteiger partial charge in [0.05, 0.1) is 12.7 Å². The molecular weight excluding hydrogens is 382 g/mol. The Bertz CT molecular complexity index is 707. The van der Waals surface area contributed by atoms with Crippen molar-refractivity contribution in [3.8, 4) is 0 Å². The highest BCUT2D eigenvalue weighted by Gasteiger charge is 2.45. The molecule has 2 saturated carbocycles. The minimum absolute atomic E-state index is 0.218. The molecule has 1 spiro atoms. The minimum atomic E-state index is 0.218. The van der Waals surface area contributed by atoms with Crippen LogP contribution in [0, 0.1) is 5.41 Å². The van der Waals surface area contributed by atoms with Gasteiger partial charge in [0.2, 0.25) is 0 Å². The number of morpholine rings is 1. The summed E-state index contributed by atoms with van der Waals surface area (Å²) < 4.78 is 6.11. The zero-order chi connectivity index (χ0) is 21.1. The molecule has 4 heteroatoms. The molecule has 0 aromatic heterocycles. The largest absolute Gasteiger partial charge is 0.371 e. The Balaban J connectivity index is 1.31. The average Bonchev–Trinajstić information content (AvgIpc) is 3.59. The lowest BCUT2D eigenvalue weighted by atomic mass is 9.76. The van der Waals surface area contributed by atoms with E-state index in [-0.39, 0.29) is 6.10 Å². The number of hydrogen-bond donors (Lipinski definition) is 1. The SMILES string of the molecule is CCCCCN1CCN(c2ccc(C3CNCCO3)cc2C2CCC3(CC2)CC3)CC1. The van der Waals surface area contributed by atoms with E-state index in [1.54, 1.807) is 5.56 Å². The fourth-order valence-electron chi connectivity index (χ4n) is 6.18. The van der Waals surface area contributed by atoms with Crippen LogP contribution >= 0.6 is 0 Å². The molecule has 2 saturated heterocycles. The van der Waals surface area contributed by atoms with Gasteiger partial charge in [-0.05, 0) is 80.0 Å². The lowest BCUT2D eigenvalue weighted by molar-refractivity contribution is 0.0276. The normalized spacial score (nSPS) is 27.0. The molecule has 2 aliphatic heterocycles. The van der Waals surface area contributed by atoms with Crippen LogP contribution in [0.15, 0.2) is 18.2 Å². The summed E-state index contributed by atoms with van der Waals surface area (Å²) in [7, 11) is 0. The summed E-state index contributed by atoms with van der Waals surface area (Å²) >= 11 is 0. The number of nitrogens with zero attached hydrogens (tertiary/aromatic N) is 2. The van der Waals surface area contributed by atoms with Gasteiger partial charge in [-0.25, -0.2) is 0 Å². The van der Waals surface area contributed by atoms with E-state index < -0.39 is 0 Å². The quantitative estimate of drug-likeness (QED) is 0.615. The van der Waals surface area contributed by atoms with Gasteiger partial charge in [0.15, 0.2) is 0 Å². The van der Waals surface area contributed by atoms with E-state index in [0.717, 1.165) is 31.0 Å². The van der Waals surface area contributed by atoms with Crippen molar-refractivity contribution in [2.24, 2.45) is 5.41 Å². The highest BCUT2D eigenvalue weighted by Crippen LogP contribution is 2.59. The third-order valence-corrected chi connectivity index (χ3v) is 8.59. The highest BCUT2D eigenvalue weighted by molar-refractivity contribution is 5.57. The van der Waals surface area contributed by atoms with Crippen molar-refractivity contribution in [1.82, 2.24) is 10.2 Å². The summed E-state index contributed by atoms with van der Waals surface area (Å²) in [6, 6.07) is 7.34. The van der Waals surface area contributed by atoms with Crippen LogP contribution in [0.1, 0.15) is 87.9 Å². The maximum Gasteiger partial charge on any atom is 0.0949 e. The predicted molar refractivity (Wildman–Crippen MR) is 129 cm³/mol. The van der Waals surface area contributed by atoms with E-state index in [9.17, 15) is 0 Å². The van der Waals surface area contributed by atoms with E-state index in [0.29, 0.717) is 0 Å². The van der Waals surface area contributed by atoms with E-state index in [4.69, 9.17) is 4.74 Å². The molecule has 2 aliphatic carbocycles. The Morgan fingerprint density at radius 1 is 1.03 bits per heavy atom. The van der Waals surface area contributed by atoms with Crippen LogP contribution in [0.2, 0.25) is 0 Å². The molecule has 1 atom stereocenters. The van der Waals surface area contributed by atoms with Crippen LogP contribution in [0.5, 0.6) is 0 Å². The van der Waals surface area contributed by atoms with Crippen molar-refractivity contribution in [3.63, 3.8) is 0 Å². The second-order valence-electron chi connectivity index (χ2n) is 10.7. The fourth-order valence-corrected chi connectivity index (χ4v) is 6.18. The van der Waals surface area contributed by atoms with Crippen molar-refractivity contribution >= 4 is 5.69 Å². The first kappa shape index (κ1) is 21.7. The molecule has 1 unspecified atom stereocenters. The summed E-state index contributed by atoms with van der Waals surface area (Å²) in [6.45, 7) is 11.1. The van der Waals surface area contributed by atoms with Gasteiger partial charge in [-0.1, -0.05) is 31.9 Å². The molecule has 0 radical (unpaired) electrons. The molecule has 172 valence electrons. The smallest absolute Gasteiger partial charge is 0.0949 e. The number of unbranched alkanes of at least 4 members (excludes halogenated alkanes) is 2. The molecule has 5 rings (SSSR count). The molecule has 1 N–H and O–H groups in total. The minimum Gasteiger partial charge on any atom is -0.371 e. The number of anilines is 1. The fraction of sp³-hybridized carbons (Fsp3) is 0.778. The third-order valence-electron chi connectivity index (χ3n) is 8.59. The first-order valence-electron chi connectivity index (χ1n) is 13.2. The summed E-state index contributed by atoms with van der Waals surface area (Å²) in [6.07, 6.45) is 12.9. The maximum atomic E-state index is 6.11. The molecule has 1 aromatic carbocycles. The van der Waals surface area contributed by atoms with Crippen molar-refractivity contribution in [1.29, 1.82) is 0 Å². The molecule has 0 bridgehead atoms. The van der Waals surface area contributed by atoms with Gasteiger partial charge in [-0.2, -0.15) is 0 Å². The van der Waals surface area contributed by atoms with Gasteiger partial charge in [0.1, 0.15) is 0 Å². The molecule has 31 heavy (non-hydrogen) atoms. The van der Waals surface area contributed by atoms with Gasteiger partial charge in [-0.15, -0.1) is 0 Å². The Morgan fingerprint density at radius 3 is 2.52 bits per heavy atom. The average molecular weight is 426 g/mol. The van der Waals surface area contributed by atoms with E-state index in [2.05, 4.69) is 40.2 Å². The highest BCUT2D eigenvalue weighted by atomic mass is 16.5. The lowest BCUT2D eigenvalue weighted by Crippen LogP contribution is -2.47. The Morgan fingerprint density at radius 2 is 1.84 bits per heavy atom. The zero-order valence-corrected chi connectivity index (χ0v) is 19.7. The molecule has 0 amide bonds. The molecular formula is C27H43N3O. The lowest BCUT2D eigenvalue weighted by Gasteiger charge is -2.39. The first-order valence-corrected chi connectivity index (χ1v) is 13.2. The van der Waals surface area contributed by atoms with E-state index >= 15 is 0 Å². The summed E-state index contributed by atoms with van der Waals surface area (Å²) in [4.78, 5) is 5.37. The number of hydrogen-bond acceptors (Lipinski definition) is 4. The number of ether oxygens (including phenoxy) is 1. The summed E-state index contributed by atoms with van der Waals surface area (Å²) in [5.41, 5.74) is 5.30. The molecule has 1 aromatic rings. The van der Waals surface area contributed by atoms with Gasteiger partial charge in [0, 0.05) is 45.0 Å². The summed E-state index contributed by atoms with van der Waals surface area (Å²) in [5, 5.41) is 3.51. The third kappa shape index (κ3) is 5.12. The van der Waals surface area contributed by atoms with Gasteiger partial charge in [0.25, 0.3) is 0 Å². The van der Waals surface area contributed by atoms with Gasteiger partial charge >= 0.3 is 0 Å². The summed E-state index contributed by atoms with van der Waals surface area (Å²) in [5.74, 6) is 0.736. The van der Waals surface area contributed by atoms with Crippen molar-refractivity contribution in [2.75, 3.05) is 57.3 Å². The van der Waals surface area contributed by atoms with Gasteiger partial charge < -0.3 is 15.0 Å². The van der Waals surface area contributed by atoms with Crippen LogP contribution in [0.3, 0.4) is 0 Å². The Hall–Kier alpha value is -1.10. The topological polar surface area (TPSA) is 27.7 Å². The maximum absolute atomic E-state index is 6.11. The number of rotatable bonds is 7. The molecule has 2 heterocycles. The Labute approximate surface area is 189 Å². The van der Waals surface area contributed by atoms with Crippen LogP contribution in [-0.4, -0.2) is 57.3 Å². The van der Waals surface area contributed by atoms with Crippen LogP contribution in [0.25, 0.3) is 0 Å². The van der Waals surface area contributed by atoms with Gasteiger partial charge in [-0.3, -0.25) is 4.90 Å². The molecule has 4 nitrogen and oxygen atoms in total. The Kier molecular flexibility index (Phi) is 6.87. The second kappa shape index (κ2) is 9.80. The van der Waals surface area contributed by atoms with Crippen LogP contribution < -0.4 is 10.2 Å². The molecule has 4 aliphatic rings. The van der Waals surface area contributed by atoms with E-state index in [1.165, 1.54) is 102 Å².